The van der Waals surface area contributed by atoms with Crippen molar-refractivity contribution in [3.63, 3.8) is 0 Å². The first kappa shape index (κ1) is 19.9. The van der Waals surface area contributed by atoms with E-state index < -0.39 is 23.8 Å². The Labute approximate surface area is 162 Å². The molecule has 1 aromatic carbocycles. The summed E-state index contributed by atoms with van der Waals surface area (Å²) in [6.45, 7) is 0.230. The van der Waals surface area contributed by atoms with E-state index in [1.165, 1.54) is 18.4 Å². The minimum Gasteiger partial charge on any atom is -0.467 e. The van der Waals surface area contributed by atoms with Crippen LogP contribution in [0.5, 0.6) is 0 Å². The van der Waals surface area contributed by atoms with Crippen molar-refractivity contribution in [1.29, 1.82) is 0 Å². The zero-order chi connectivity index (χ0) is 20.9. The number of amides is 3. The first-order valence-electron chi connectivity index (χ1n) is 8.33. The van der Waals surface area contributed by atoms with E-state index in [9.17, 15) is 22.8 Å². The van der Waals surface area contributed by atoms with Crippen LogP contribution in [-0.4, -0.2) is 16.9 Å². The summed E-state index contributed by atoms with van der Waals surface area (Å²) in [7, 11) is 0. The van der Waals surface area contributed by atoms with Crippen LogP contribution in [0.3, 0.4) is 0 Å². The molecule has 0 aliphatic rings. The molecule has 29 heavy (non-hydrogen) atoms. The summed E-state index contributed by atoms with van der Waals surface area (Å²) in [6.07, 6.45) is -2.21. The number of pyridine rings is 1. The van der Waals surface area contributed by atoms with Gasteiger partial charge in [-0.25, -0.2) is 4.79 Å². The zero-order valence-corrected chi connectivity index (χ0v) is 14.8. The maximum atomic E-state index is 12.5. The van der Waals surface area contributed by atoms with Crippen LogP contribution in [0.2, 0.25) is 0 Å². The van der Waals surface area contributed by atoms with Gasteiger partial charge in [0.2, 0.25) is 0 Å². The van der Waals surface area contributed by atoms with Gasteiger partial charge in [0, 0.05) is 17.6 Å². The average molecular weight is 404 g/mol. The number of carbonyl (C=O) groups excluding carboxylic acids is 2. The van der Waals surface area contributed by atoms with Crippen LogP contribution in [0.25, 0.3) is 0 Å². The summed E-state index contributed by atoms with van der Waals surface area (Å²) >= 11 is 0. The summed E-state index contributed by atoms with van der Waals surface area (Å²) < 4.78 is 42.6. The zero-order valence-electron chi connectivity index (χ0n) is 14.8. The molecule has 2 aromatic heterocycles. The first-order chi connectivity index (χ1) is 13.8. The Morgan fingerprint density at radius 2 is 1.66 bits per heavy atom. The third kappa shape index (κ3) is 5.58. The van der Waals surface area contributed by atoms with Crippen LogP contribution in [0.1, 0.15) is 21.8 Å². The third-order valence-electron chi connectivity index (χ3n) is 3.72. The molecular weight excluding hydrogens is 389 g/mol. The summed E-state index contributed by atoms with van der Waals surface area (Å²) in [5.74, 6) is -0.000842. The lowest BCUT2D eigenvalue weighted by Crippen LogP contribution is -2.27. The number of nitrogens with zero attached hydrogens (tertiary/aromatic N) is 1. The summed E-state index contributed by atoms with van der Waals surface area (Å²) in [5, 5.41) is 7.77. The van der Waals surface area contributed by atoms with Crippen LogP contribution in [0.15, 0.2) is 65.4 Å². The van der Waals surface area contributed by atoms with Crippen molar-refractivity contribution < 1.29 is 27.2 Å². The number of hydrogen-bond donors (Lipinski definition) is 3. The molecule has 3 rings (SSSR count). The van der Waals surface area contributed by atoms with Crippen LogP contribution in [-0.2, 0) is 12.7 Å². The monoisotopic (exact) mass is 404 g/mol. The highest BCUT2D eigenvalue weighted by atomic mass is 19.4. The Kier molecular flexibility index (Phi) is 5.82. The van der Waals surface area contributed by atoms with E-state index in [4.69, 9.17) is 4.42 Å². The van der Waals surface area contributed by atoms with E-state index in [2.05, 4.69) is 20.9 Å². The SMILES string of the molecule is O=C(NCc1ccco1)Nc1ccc(NC(=O)c2ccc(C(F)(F)F)nc2)cc1. The van der Waals surface area contributed by atoms with Gasteiger partial charge in [-0.05, 0) is 48.5 Å². The predicted molar refractivity (Wildman–Crippen MR) is 98.2 cm³/mol. The van der Waals surface area contributed by atoms with Crippen molar-refractivity contribution in [2.45, 2.75) is 12.7 Å². The quantitative estimate of drug-likeness (QED) is 0.592. The fourth-order valence-corrected chi connectivity index (χ4v) is 2.29. The van der Waals surface area contributed by atoms with E-state index in [1.807, 2.05) is 0 Å². The second-order valence-electron chi connectivity index (χ2n) is 5.85. The molecule has 150 valence electrons. The number of hydrogen-bond acceptors (Lipinski definition) is 4. The Balaban J connectivity index is 1.53. The van der Waals surface area contributed by atoms with Gasteiger partial charge in [0.25, 0.3) is 5.91 Å². The smallest absolute Gasteiger partial charge is 0.433 e. The van der Waals surface area contributed by atoms with Crippen LogP contribution < -0.4 is 16.0 Å². The molecule has 0 aliphatic heterocycles. The average Bonchev–Trinajstić information content (AvgIpc) is 3.21. The molecule has 0 unspecified atom stereocenters. The van der Waals surface area contributed by atoms with E-state index in [0.717, 1.165) is 18.3 Å². The minimum atomic E-state index is -4.57. The fraction of sp³-hybridized carbons (Fsp3) is 0.105. The van der Waals surface area contributed by atoms with Gasteiger partial charge in [0.1, 0.15) is 11.5 Å². The van der Waals surface area contributed by atoms with Crippen LogP contribution in [0.4, 0.5) is 29.3 Å². The number of aromatic nitrogens is 1. The molecule has 0 saturated carbocycles. The van der Waals surface area contributed by atoms with Gasteiger partial charge in [0.15, 0.2) is 0 Å². The number of anilines is 2. The number of rotatable bonds is 5. The number of urea groups is 1. The van der Waals surface area contributed by atoms with Crippen molar-refractivity contribution in [3.8, 4) is 0 Å². The van der Waals surface area contributed by atoms with E-state index >= 15 is 0 Å². The number of nitrogens with one attached hydrogen (secondary N) is 3. The number of benzene rings is 1. The van der Waals surface area contributed by atoms with E-state index in [0.29, 0.717) is 17.1 Å². The first-order valence-corrected chi connectivity index (χ1v) is 8.33. The normalized spacial score (nSPS) is 11.0. The van der Waals surface area contributed by atoms with Crippen LogP contribution in [0, 0.1) is 0 Å². The lowest BCUT2D eigenvalue weighted by molar-refractivity contribution is -0.141. The summed E-state index contributed by atoms with van der Waals surface area (Å²) in [4.78, 5) is 27.2. The second-order valence-corrected chi connectivity index (χ2v) is 5.85. The molecule has 0 spiro atoms. The van der Waals surface area contributed by atoms with Crippen molar-refractivity contribution in [2.75, 3.05) is 10.6 Å². The molecule has 0 atom stereocenters. The van der Waals surface area contributed by atoms with Crippen molar-refractivity contribution in [3.05, 3.63) is 78.0 Å². The molecular formula is C19H15F3N4O3. The molecule has 0 aliphatic carbocycles. The molecule has 7 nitrogen and oxygen atoms in total. The van der Waals surface area contributed by atoms with Crippen LogP contribution >= 0.6 is 0 Å². The highest BCUT2D eigenvalue weighted by Crippen LogP contribution is 2.27. The molecule has 0 fully saturated rings. The molecule has 3 N–H and O–H groups in total. The number of furan rings is 1. The topological polar surface area (TPSA) is 96.3 Å². The molecule has 0 bridgehead atoms. The standard InChI is InChI=1S/C19H15F3N4O3/c20-19(21,22)16-8-3-12(10-23-16)17(27)25-13-4-6-14(7-5-13)26-18(28)24-11-15-2-1-9-29-15/h1-10H,11H2,(H,25,27)(H2,24,26,28). The second kappa shape index (κ2) is 8.46. The number of carbonyl (C=O) groups is 2. The van der Waals surface area contributed by atoms with E-state index in [1.54, 1.807) is 24.3 Å². The van der Waals surface area contributed by atoms with Crippen molar-refractivity contribution >= 4 is 23.3 Å². The number of alkyl halides is 3. The highest BCUT2D eigenvalue weighted by Gasteiger charge is 2.32. The van der Waals surface area contributed by atoms with Gasteiger partial charge in [-0.15, -0.1) is 0 Å². The van der Waals surface area contributed by atoms with Gasteiger partial charge in [-0.1, -0.05) is 0 Å². The molecule has 3 aromatic rings. The third-order valence-corrected chi connectivity index (χ3v) is 3.72. The maximum Gasteiger partial charge on any atom is 0.433 e. The van der Waals surface area contributed by atoms with Gasteiger partial charge in [-0.3, -0.25) is 9.78 Å². The minimum absolute atomic E-state index is 0.0162. The predicted octanol–water partition coefficient (Wildman–Crippen LogP) is 4.27. The Morgan fingerprint density at radius 3 is 2.21 bits per heavy atom. The summed E-state index contributed by atoms with van der Waals surface area (Å²) in [5.41, 5.74) is -0.208. The Hall–Kier alpha value is -3.82. The van der Waals surface area contributed by atoms with Crippen molar-refractivity contribution in [1.82, 2.24) is 10.3 Å². The Bertz CT molecular complexity index is 969. The summed E-state index contributed by atoms with van der Waals surface area (Å²) in [6, 6.07) is 11.0. The molecule has 0 radical (unpaired) electrons. The molecule has 2 heterocycles. The van der Waals surface area contributed by atoms with Crippen molar-refractivity contribution in [2.24, 2.45) is 0 Å². The Morgan fingerprint density at radius 1 is 0.966 bits per heavy atom. The number of halogens is 3. The lowest BCUT2D eigenvalue weighted by atomic mass is 10.2. The highest BCUT2D eigenvalue weighted by molar-refractivity contribution is 6.04. The van der Waals surface area contributed by atoms with E-state index in [-0.39, 0.29) is 12.1 Å². The van der Waals surface area contributed by atoms with Gasteiger partial charge < -0.3 is 20.4 Å². The lowest BCUT2D eigenvalue weighted by Gasteiger charge is -2.09. The largest absolute Gasteiger partial charge is 0.467 e. The van der Waals surface area contributed by atoms with Gasteiger partial charge in [0.05, 0.1) is 18.4 Å². The fourth-order valence-electron chi connectivity index (χ4n) is 2.29. The maximum absolute atomic E-state index is 12.5. The molecule has 3 amide bonds. The molecule has 0 saturated heterocycles. The van der Waals surface area contributed by atoms with Gasteiger partial charge >= 0.3 is 12.2 Å². The molecule has 10 heteroatoms. The van der Waals surface area contributed by atoms with Gasteiger partial charge in [-0.2, -0.15) is 13.2 Å².